The summed E-state index contributed by atoms with van der Waals surface area (Å²) in [5.74, 6) is -0.243. The molecule has 1 amide bonds. The Balaban J connectivity index is 1.84. The number of H-pyrrole nitrogens is 1. The van der Waals surface area contributed by atoms with Gasteiger partial charge < -0.3 is 14.6 Å². The highest BCUT2D eigenvalue weighted by Crippen LogP contribution is 2.36. The molecule has 0 bridgehead atoms. The Kier molecular flexibility index (Phi) is 4.12. The molecule has 1 aromatic carbocycles. The van der Waals surface area contributed by atoms with Crippen molar-refractivity contribution in [2.75, 3.05) is 19.7 Å². The van der Waals surface area contributed by atoms with Crippen LogP contribution in [-0.4, -0.2) is 35.5 Å². The van der Waals surface area contributed by atoms with Gasteiger partial charge in [0, 0.05) is 12.7 Å². The van der Waals surface area contributed by atoms with Crippen LogP contribution < -0.4 is 0 Å². The van der Waals surface area contributed by atoms with Crippen LogP contribution in [0.15, 0.2) is 42.6 Å². The Hall–Kier alpha value is -2.28. The number of ether oxygens (including phenoxy) is 1. The number of nitrogens with zero attached hydrogens (tertiary/aromatic N) is 1. The molecule has 0 saturated carbocycles. The number of aromatic nitrogens is 1. The number of hydrogen-bond donors (Lipinski definition) is 1. The molecule has 23 heavy (non-hydrogen) atoms. The van der Waals surface area contributed by atoms with Gasteiger partial charge in [0.2, 0.25) is 0 Å². The fourth-order valence-electron chi connectivity index (χ4n) is 2.69. The summed E-state index contributed by atoms with van der Waals surface area (Å²) in [6.45, 7) is 0.636. The van der Waals surface area contributed by atoms with Crippen LogP contribution in [0.25, 0.3) is 0 Å². The lowest BCUT2D eigenvalue weighted by atomic mass is 10.0. The van der Waals surface area contributed by atoms with Crippen molar-refractivity contribution in [3.8, 4) is 0 Å². The standard InChI is InChI=1S/C16H15F3N2O2/c17-16(18,19)12-5-2-1-4-11(12)14-10-21(8-9-23-14)15(22)13-6-3-7-20-13/h1-7,14,20H,8-10H2. The normalized spacial score (nSPS) is 18.9. The van der Waals surface area contributed by atoms with Crippen molar-refractivity contribution in [3.05, 3.63) is 59.4 Å². The molecular weight excluding hydrogens is 309 g/mol. The highest BCUT2D eigenvalue weighted by Gasteiger charge is 2.37. The summed E-state index contributed by atoms with van der Waals surface area (Å²) in [5.41, 5.74) is -0.252. The molecule has 1 fully saturated rings. The number of halogens is 3. The first-order chi connectivity index (χ1) is 11.0. The van der Waals surface area contributed by atoms with Crippen molar-refractivity contribution in [2.24, 2.45) is 0 Å². The van der Waals surface area contributed by atoms with E-state index in [1.807, 2.05) is 0 Å². The van der Waals surface area contributed by atoms with E-state index < -0.39 is 17.8 Å². The van der Waals surface area contributed by atoms with Gasteiger partial charge in [-0.1, -0.05) is 18.2 Å². The lowest BCUT2D eigenvalue weighted by Crippen LogP contribution is -2.42. The van der Waals surface area contributed by atoms with Gasteiger partial charge in [-0.3, -0.25) is 4.79 Å². The second-order valence-corrected chi connectivity index (χ2v) is 5.28. The largest absolute Gasteiger partial charge is 0.416 e. The number of nitrogens with one attached hydrogen (secondary N) is 1. The van der Waals surface area contributed by atoms with Crippen molar-refractivity contribution >= 4 is 5.91 Å². The minimum atomic E-state index is -4.45. The quantitative estimate of drug-likeness (QED) is 0.922. The molecule has 1 unspecified atom stereocenters. The Labute approximate surface area is 130 Å². The van der Waals surface area contributed by atoms with Gasteiger partial charge >= 0.3 is 6.18 Å². The van der Waals surface area contributed by atoms with Crippen LogP contribution in [0.2, 0.25) is 0 Å². The number of benzene rings is 1. The van der Waals surface area contributed by atoms with Crippen molar-refractivity contribution in [1.82, 2.24) is 9.88 Å². The van der Waals surface area contributed by atoms with E-state index >= 15 is 0 Å². The highest BCUT2D eigenvalue weighted by atomic mass is 19.4. The number of hydrogen-bond acceptors (Lipinski definition) is 2. The fourth-order valence-corrected chi connectivity index (χ4v) is 2.69. The van der Waals surface area contributed by atoms with Gasteiger partial charge in [-0.15, -0.1) is 0 Å². The van der Waals surface area contributed by atoms with Gasteiger partial charge in [-0.05, 0) is 23.8 Å². The number of carbonyl (C=O) groups is 1. The first kappa shape index (κ1) is 15.6. The lowest BCUT2D eigenvalue weighted by molar-refractivity contribution is -0.140. The third kappa shape index (κ3) is 3.24. The minimum absolute atomic E-state index is 0.0592. The second kappa shape index (κ2) is 6.08. The smallest absolute Gasteiger partial charge is 0.370 e. The van der Waals surface area contributed by atoms with Gasteiger partial charge in [-0.2, -0.15) is 13.2 Å². The molecule has 4 nitrogen and oxygen atoms in total. The van der Waals surface area contributed by atoms with Crippen molar-refractivity contribution < 1.29 is 22.7 Å². The Morgan fingerprint density at radius 2 is 2.00 bits per heavy atom. The summed E-state index contributed by atoms with van der Waals surface area (Å²) in [4.78, 5) is 16.7. The van der Waals surface area contributed by atoms with Crippen LogP contribution in [0.1, 0.15) is 27.7 Å². The van der Waals surface area contributed by atoms with Gasteiger partial charge in [0.05, 0.1) is 18.7 Å². The zero-order valence-corrected chi connectivity index (χ0v) is 12.1. The molecule has 0 spiro atoms. The molecule has 1 N–H and O–H groups in total. The third-order valence-corrected chi connectivity index (χ3v) is 3.80. The summed E-state index contributed by atoms with van der Waals surface area (Å²) in [5, 5.41) is 0. The van der Waals surface area contributed by atoms with E-state index in [1.54, 1.807) is 24.4 Å². The summed E-state index contributed by atoms with van der Waals surface area (Å²) >= 11 is 0. The summed E-state index contributed by atoms with van der Waals surface area (Å²) < 4.78 is 44.9. The summed E-state index contributed by atoms with van der Waals surface area (Å²) in [6, 6.07) is 8.65. The predicted molar refractivity (Wildman–Crippen MR) is 76.8 cm³/mol. The molecular formula is C16H15F3N2O2. The van der Waals surface area contributed by atoms with Crippen LogP contribution in [0.4, 0.5) is 13.2 Å². The number of rotatable bonds is 2. The van der Waals surface area contributed by atoms with Crippen LogP contribution in [0, 0.1) is 0 Å². The van der Waals surface area contributed by atoms with E-state index in [2.05, 4.69) is 4.98 Å². The molecule has 3 rings (SSSR count). The molecule has 0 aliphatic carbocycles. The van der Waals surface area contributed by atoms with Gasteiger partial charge in [0.15, 0.2) is 0 Å². The molecule has 1 aromatic heterocycles. The van der Waals surface area contributed by atoms with E-state index in [4.69, 9.17) is 4.74 Å². The maximum absolute atomic E-state index is 13.1. The van der Waals surface area contributed by atoms with E-state index in [0.717, 1.165) is 6.07 Å². The molecule has 7 heteroatoms. The monoisotopic (exact) mass is 324 g/mol. The molecule has 1 aliphatic rings. The topological polar surface area (TPSA) is 45.3 Å². The maximum atomic E-state index is 13.1. The van der Waals surface area contributed by atoms with Crippen LogP contribution in [0.5, 0.6) is 0 Å². The molecule has 122 valence electrons. The molecule has 2 heterocycles. The van der Waals surface area contributed by atoms with Crippen LogP contribution in [0.3, 0.4) is 0 Å². The van der Waals surface area contributed by atoms with E-state index in [0.29, 0.717) is 12.2 Å². The second-order valence-electron chi connectivity index (χ2n) is 5.28. The number of carbonyl (C=O) groups excluding carboxylic acids is 1. The third-order valence-electron chi connectivity index (χ3n) is 3.80. The lowest BCUT2D eigenvalue weighted by Gasteiger charge is -2.34. The zero-order valence-electron chi connectivity index (χ0n) is 12.1. The summed E-state index contributed by atoms with van der Waals surface area (Å²) in [6.07, 6.45) is -3.61. The zero-order chi connectivity index (χ0) is 16.4. The number of alkyl halides is 3. The number of aromatic amines is 1. The highest BCUT2D eigenvalue weighted by molar-refractivity contribution is 5.92. The van der Waals surface area contributed by atoms with Crippen LogP contribution in [-0.2, 0) is 10.9 Å². The molecule has 1 saturated heterocycles. The van der Waals surface area contributed by atoms with Gasteiger partial charge in [0.1, 0.15) is 11.8 Å². The maximum Gasteiger partial charge on any atom is 0.416 e. The Morgan fingerprint density at radius 1 is 1.22 bits per heavy atom. The van der Waals surface area contributed by atoms with Gasteiger partial charge in [0.25, 0.3) is 5.91 Å². The van der Waals surface area contributed by atoms with E-state index in [1.165, 1.54) is 17.0 Å². The minimum Gasteiger partial charge on any atom is -0.370 e. The van der Waals surface area contributed by atoms with Gasteiger partial charge in [-0.25, -0.2) is 0 Å². The van der Waals surface area contributed by atoms with Crippen molar-refractivity contribution in [1.29, 1.82) is 0 Å². The molecule has 1 aliphatic heterocycles. The van der Waals surface area contributed by atoms with Crippen molar-refractivity contribution in [3.63, 3.8) is 0 Å². The predicted octanol–water partition coefficient (Wildman–Crippen LogP) is 3.25. The van der Waals surface area contributed by atoms with E-state index in [-0.39, 0.29) is 24.6 Å². The Bertz CT molecular complexity index is 683. The fraction of sp³-hybridized carbons (Fsp3) is 0.312. The Morgan fingerprint density at radius 3 is 2.70 bits per heavy atom. The first-order valence-electron chi connectivity index (χ1n) is 7.17. The SMILES string of the molecule is O=C(c1ccc[nH]1)N1CCOC(c2ccccc2C(F)(F)F)C1. The number of morpholine rings is 1. The van der Waals surface area contributed by atoms with Crippen LogP contribution >= 0.6 is 0 Å². The van der Waals surface area contributed by atoms with E-state index in [9.17, 15) is 18.0 Å². The average molecular weight is 324 g/mol. The molecule has 2 aromatic rings. The van der Waals surface area contributed by atoms with Crippen molar-refractivity contribution in [2.45, 2.75) is 12.3 Å². The molecule has 1 atom stereocenters. The first-order valence-corrected chi connectivity index (χ1v) is 7.17. The summed E-state index contributed by atoms with van der Waals surface area (Å²) in [7, 11) is 0. The molecule has 0 radical (unpaired) electrons. The number of amides is 1. The average Bonchev–Trinajstić information content (AvgIpc) is 3.08.